The molecular formula is C20H29N5O3. The monoisotopic (exact) mass is 387 g/mol. The summed E-state index contributed by atoms with van der Waals surface area (Å²) >= 11 is 0. The van der Waals surface area contributed by atoms with Crippen LogP contribution >= 0.6 is 0 Å². The molecule has 1 saturated heterocycles. The van der Waals surface area contributed by atoms with Crippen molar-refractivity contribution in [2.45, 2.75) is 39.7 Å². The lowest BCUT2D eigenvalue weighted by molar-refractivity contribution is -0.117. The topological polar surface area (TPSA) is 70.9 Å². The number of carbonyl (C=O) groups excluding carboxylic acids is 2. The van der Waals surface area contributed by atoms with Crippen LogP contribution in [0.3, 0.4) is 0 Å². The summed E-state index contributed by atoms with van der Waals surface area (Å²) in [6.45, 7) is 9.68. The van der Waals surface area contributed by atoms with Crippen molar-refractivity contribution in [2.24, 2.45) is 0 Å². The normalized spacial score (nSPS) is 15.5. The summed E-state index contributed by atoms with van der Waals surface area (Å²) in [7, 11) is 1.74. The maximum atomic E-state index is 12.4. The summed E-state index contributed by atoms with van der Waals surface area (Å²) in [5, 5.41) is 1.57. The third-order valence-corrected chi connectivity index (χ3v) is 4.71. The zero-order chi connectivity index (χ0) is 20.5. The van der Waals surface area contributed by atoms with Gasteiger partial charge in [-0.05, 0) is 39.3 Å². The Hall–Kier alpha value is -2.77. The van der Waals surface area contributed by atoms with Crippen LogP contribution in [0.15, 0.2) is 24.3 Å². The lowest BCUT2D eigenvalue weighted by Gasteiger charge is -2.28. The zero-order valence-corrected chi connectivity index (χ0v) is 17.3. The van der Waals surface area contributed by atoms with Crippen LogP contribution in [0.2, 0.25) is 0 Å². The Bertz CT molecular complexity index is 870. The minimum absolute atomic E-state index is 0.0744. The van der Waals surface area contributed by atoms with Crippen LogP contribution in [-0.4, -0.2) is 65.4 Å². The fourth-order valence-corrected chi connectivity index (χ4v) is 3.27. The third kappa shape index (κ3) is 4.21. The van der Waals surface area contributed by atoms with E-state index in [9.17, 15) is 9.59 Å². The molecule has 0 atom stereocenters. The van der Waals surface area contributed by atoms with Gasteiger partial charge in [-0.3, -0.25) is 4.79 Å². The molecule has 0 saturated carbocycles. The average Bonchev–Trinajstić information content (AvgIpc) is 2.81. The molecule has 0 unspecified atom stereocenters. The Balaban J connectivity index is 1.86. The molecule has 1 aliphatic heterocycles. The van der Waals surface area contributed by atoms with Crippen LogP contribution < -0.4 is 9.91 Å². The van der Waals surface area contributed by atoms with Gasteiger partial charge in [-0.25, -0.2) is 19.5 Å². The van der Waals surface area contributed by atoms with Gasteiger partial charge in [0.1, 0.15) is 5.60 Å². The van der Waals surface area contributed by atoms with Crippen LogP contribution in [0.1, 0.15) is 34.1 Å². The lowest BCUT2D eigenvalue weighted by atomic mass is 10.2. The number of anilines is 1. The van der Waals surface area contributed by atoms with E-state index in [1.165, 1.54) is 6.92 Å². The Morgan fingerprint density at radius 2 is 1.82 bits per heavy atom. The molecule has 2 aromatic rings. The summed E-state index contributed by atoms with van der Waals surface area (Å²) in [4.78, 5) is 33.1. The first-order valence-corrected chi connectivity index (χ1v) is 9.62. The van der Waals surface area contributed by atoms with Crippen molar-refractivity contribution in [3.05, 3.63) is 24.3 Å². The van der Waals surface area contributed by atoms with E-state index in [0.29, 0.717) is 25.6 Å². The van der Waals surface area contributed by atoms with Crippen molar-refractivity contribution in [2.75, 3.05) is 43.1 Å². The summed E-state index contributed by atoms with van der Waals surface area (Å²) in [5.41, 5.74) is 1.20. The fraction of sp³-hybridized carbons (Fsp3) is 0.550. The highest BCUT2D eigenvalue weighted by molar-refractivity contribution is 5.88. The van der Waals surface area contributed by atoms with Gasteiger partial charge in [0.05, 0.1) is 11.0 Å². The number of para-hydroxylation sites is 2. The minimum Gasteiger partial charge on any atom is -0.444 e. The Kier molecular flexibility index (Phi) is 5.49. The number of aromatic nitrogens is 2. The second-order valence-electron chi connectivity index (χ2n) is 8.06. The second-order valence-corrected chi connectivity index (χ2v) is 8.06. The molecule has 8 nitrogen and oxygen atoms in total. The van der Waals surface area contributed by atoms with Gasteiger partial charge in [-0.15, -0.1) is 0 Å². The van der Waals surface area contributed by atoms with E-state index in [2.05, 4.69) is 4.90 Å². The molecule has 28 heavy (non-hydrogen) atoms. The first kappa shape index (κ1) is 20.0. The van der Waals surface area contributed by atoms with Gasteiger partial charge in [0.25, 0.3) is 0 Å². The average molecular weight is 387 g/mol. The summed E-state index contributed by atoms with van der Waals surface area (Å²) in [5.74, 6) is 0.638. The first-order valence-electron chi connectivity index (χ1n) is 9.62. The molecule has 2 amide bonds. The van der Waals surface area contributed by atoms with Crippen LogP contribution in [-0.2, 0) is 9.53 Å². The van der Waals surface area contributed by atoms with E-state index in [-0.39, 0.29) is 12.0 Å². The van der Waals surface area contributed by atoms with Crippen molar-refractivity contribution in [1.29, 1.82) is 0 Å². The standard InChI is InChI=1S/C20H29N5O3/c1-15(26)22(5)25-17-10-7-6-9-16(17)21-18(25)23-11-8-12-24(14-13-23)19(27)28-20(2,3)4/h6-7,9-10H,8,11-14H2,1-5H3. The summed E-state index contributed by atoms with van der Waals surface area (Å²) < 4.78 is 7.36. The molecule has 0 aliphatic carbocycles. The number of imidazole rings is 1. The van der Waals surface area contributed by atoms with Crippen molar-refractivity contribution < 1.29 is 14.3 Å². The molecule has 152 valence electrons. The molecule has 3 rings (SSSR count). The molecule has 0 N–H and O–H groups in total. The van der Waals surface area contributed by atoms with E-state index < -0.39 is 5.60 Å². The molecule has 1 fully saturated rings. The predicted molar refractivity (Wildman–Crippen MR) is 109 cm³/mol. The Morgan fingerprint density at radius 1 is 1.11 bits per heavy atom. The Labute approximate surface area is 165 Å². The van der Waals surface area contributed by atoms with E-state index in [1.54, 1.807) is 17.0 Å². The van der Waals surface area contributed by atoms with Gasteiger partial charge < -0.3 is 14.5 Å². The minimum atomic E-state index is -0.513. The number of ether oxygens (including phenoxy) is 1. The van der Waals surface area contributed by atoms with Gasteiger partial charge in [-0.2, -0.15) is 0 Å². The second kappa shape index (κ2) is 7.69. The number of benzene rings is 1. The molecule has 1 aromatic carbocycles. The molecule has 1 aromatic heterocycles. The lowest BCUT2D eigenvalue weighted by Crippen LogP contribution is -2.41. The number of hydrogen-bond donors (Lipinski definition) is 0. The van der Waals surface area contributed by atoms with Crippen LogP contribution in [0, 0.1) is 0 Å². The van der Waals surface area contributed by atoms with Crippen molar-refractivity contribution in [3.63, 3.8) is 0 Å². The van der Waals surface area contributed by atoms with Gasteiger partial charge >= 0.3 is 6.09 Å². The zero-order valence-electron chi connectivity index (χ0n) is 17.3. The first-order chi connectivity index (χ1) is 13.2. The van der Waals surface area contributed by atoms with Gasteiger partial charge in [0, 0.05) is 40.2 Å². The predicted octanol–water partition coefficient (Wildman–Crippen LogP) is 2.60. The van der Waals surface area contributed by atoms with Crippen molar-refractivity contribution >= 4 is 29.0 Å². The highest BCUT2D eigenvalue weighted by Crippen LogP contribution is 2.24. The third-order valence-electron chi connectivity index (χ3n) is 4.71. The fourth-order valence-electron chi connectivity index (χ4n) is 3.27. The van der Waals surface area contributed by atoms with E-state index >= 15 is 0 Å². The molecular weight excluding hydrogens is 358 g/mol. The molecule has 0 radical (unpaired) electrons. The van der Waals surface area contributed by atoms with Gasteiger partial charge in [-0.1, -0.05) is 12.1 Å². The van der Waals surface area contributed by atoms with E-state index in [0.717, 1.165) is 24.0 Å². The molecule has 0 spiro atoms. The molecule has 2 heterocycles. The smallest absolute Gasteiger partial charge is 0.410 e. The Morgan fingerprint density at radius 3 is 2.50 bits per heavy atom. The van der Waals surface area contributed by atoms with Gasteiger partial charge in [0.2, 0.25) is 11.9 Å². The number of fused-ring (bicyclic) bond motifs is 1. The van der Waals surface area contributed by atoms with Crippen LogP contribution in [0.5, 0.6) is 0 Å². The van der Waals surface area contributed by atoms with Crippen molar-refractivity contribution in [1.82, 2.24) is 14.6 Å². The highest BCUT2D eigenvalue weighted by Gasteiger charge is 2.27. The number of rotatable bonds is 2. The van der Waals surface area contributed by atoms with Gasteiger partial charge in [0.15, 0.2) is 0 Å². The maximum Gasteiger partial charge on any atom is 0.410 e. The molecule has 8 heteroatoms. The van der Waals surface area contributed by atoms with Crippen molar-refractivity contribution in [3.8, 4) is 0 Å². The SMILES string of the molecule is CC(=O)N(C)n1c(N2CCCN(C(=O)OC(C)(C)C)CC2)nc2ccccc21. The number of hydrogen-bond acceptors (Lipinski definition) is 5. The maximum absolute atomic E-state index is 12.4. The summed E-state index contributed by atoms with van der Waals surface area (Å²) in [6.07, 6.45) is 0.510. The van der Waals surface area contributed by atoms with E-state index in [1.807, 2.05) is 49.7 Å². The number of amides is 2. The van der Waals surface area contributed by atoms with Crippen LogP contribution in [0.4, 0.5) is 10.7 Å². The van der Waals surface area contributed by atoms with E-state index in [4.69, 9.17) is 9.72 Å². The summed E-state index contributed by atoms with van der Waals surface area (Å²) in [6, 6.07) is 7.76. The molecule has 1 aliphatic rings. The highest BCUT2D eigenvalue weighted by atomic mass is 16.6. The number of nitrogens with zero attached hydrogens (tertiary/aromatic N) is 5. The largest absolute Gasteiger partial charge is 0.444 e. The number of carbonyl (C=O) groups is 2. The molecule has 0 bridgehead atoms. The quantitative estimate of drug-likeness (QED) is 0.792. The van der Waals surface area contributed by atoms with Crippen LogP contribution in [0.25, 0.3) is 11.0 Å².